The molecule has 3 aromatic rings. The number of nitrogens with zero attached hydrogens (tertiary/aromatic N) is 2. The third-order valence-electron chi connectivity index (χ3n) is 9.49. The maximum atomic E-state index is 13.9. The Morgan fingerprint density at radius 3 is 2.24 bits per heavy atom. The van der Waals surface area contributed by atoms with Gasteiger partial charge in [0.1, 0.15) is 23.6 Å². The van der Waals surface area contributed by atoms with Crippen molar-refractivity contribution in [2.75, 3.05) is 13.1 Å². The van der Waals surface area contributed by atoms with Gasteiger partial charge in [-0.3, -0.25) is 14.4 Å². The van der Waals surface area contributed by atoms with Crippen LogP contribution >= 0.6 is 0 Å². The van der Waals surface area contributed by atoms with Crippen LogP contribution in [-0.4, -0.2) is 53.0 Å². The molecule has 9 heteroatoms. The first kappa shape index (κ1) is 32.3. The van der Waals surface area contributed by atoms with E-state index in [1.807, 2.05) is 61.2 Å². The Hall–Kier alpha value is -4.14. The maximum absolute atomic E-state index is 13.9. The van der Waals surface area contributed by atoms with Crippen molar-refractivity contribution in [2.24, 2.45) is 11.8 Å². The van der Waals surface area contributed by atoms with Crippen LogP contribution in [0.25, 0.3) is 0 Å². The maximum Gasteiger partial charge on any atom is 0.290 e. The van der Waals surface area contributed by atoms with Gasteiger partial charge < -0.3 is 24.8 Å². The zero-order chi connectivity index (χ0) is 31.6. The standard InChI is InChI=1S/C36H46N4O5/c1-3-25(2)33(39-34(41)31(24-26-10-6-4-7-11-26)38-35(42)32-18-21-37-45-32)36(43)40-22-19-28(20-23-40)27-14-16-30(17-15-27)44-29-12-8-5-9-13-29/h5,8-9,12-18,21,25-26,28,31,33H,3-4,6-7,10-11,19-20,22-24H2,1-2H3,(H,38,42)(H,39,41)/t25-,31-,33-/m0/s1. The van der Waals surface area contributed by atoms with E-state index in [1.165, 1.54) is 24.2 Å². The van der Waals surface area contributed by atoms with E-state index in [4.69, 9.17) is 9.26 Å². The normalized spacial score (nSPS) is 18.0. The molecular formula is C36H46N4O5. The van der Waals surface area contributed by atoms with Crippen molar-refractivity contribution in [3.05, 3.63) is 78.2 Å². The Morgan fingerprint density at radius 2 is 1.60 bits per heavy atom. The van der Waals surface area contributed by atoms with Crippen molar-refractivity contribution < 1.29 is 23.6 Å². The number of aromatic nitrogens is 1. The Kier molecular flexibility index (Phi) is 11.3. The highest BCUT2D eigenvalue weighted by Gasteiger charge is 2.35. The second-order valence-electron chi connectivity index (χ2n) is 12.6. The summed E-state index contributed by atoms with van der Waals surface area (Å²) in [5.41, 5.74) is 1.24. The van der Waals surface area contributed by atoms with Crippen LogP contribution in [0, 0.1) is 11.8 Å². The van der Waals surface area contributed by atoms with Crippen molar-refractivity contribution in [3.63, 3.8) is 0 Å². The van der Waals surface area contributed by atoms with Crippen molar-refractivity contribution in [2.45, 2.75) is 89.6 Å². The van der Waals surface area contributed by atoms with Crippen molar-refractivity contribution in [1.82, 2.24) is 20.7 Å². The fourth-order valence-electron chi connectivity index (χ4n) is 6.55. The smallest absolute Gasteiger partial charge is 0.290 e. The Bertz CT molecular complexity index is 1360. The van der Waals surface area contributed by atoms with E-state index in [0.717, 1.165) is 56.4 Å². The van der Waals surface area contributed by atoms with E-state index < -0.39 is 18.0 Å². The van der Waals surface area contributed by atoms with E-state index in [9.17, 15) is 14.4 Å². The van der Waals surface area contributed by atoms with Crippen LogP contribution in [0.4, 0.5) is 0 Å². The highest BCUT2D eigenvalue weighted by molar-refractivity contribution is 5.96. The van der Waals surface area contributed by atoms with Crippen molar-refractivity contribution in [3.8, 4) is 11.5 Å². The summed E-state index contributed by atoms with van der Waals surface area (Å²) >= 11 is 0. The van der Waals surface area contributed by atoms with Gasteiger partial charge in [0.15, 0.2) is 0 Å². The van der Waals surface area contributed by atoms with E-state index >= 15 is 0 Å². The van der Waals surface area contributed by atoms with E-state index in [0.29, 0.717) is 31.3 Å². The Morgan fingerprint density at radius 1 is 0.911 bits per heavy atom. The fourth-order valence-corrected chi connectivity index (χ4v) is 6.55. The summed E-state index contributed by atoms with van der Waals surface area (Å²) in [7, 11) is 0. The quantitative estimate of drug-likeness (QED) is 0.242. The van der Waals surface area contributed by atoms with Crippen LogP contribution in [0.5, 0.6) is 11.5 Å². The SMILES string of the molecule is CC[C@H](C)[C@H](NC(=O)[C@H](CC1CCCCC1)NC(=O)c1ccno1)C(=O)N1CCC(c2ccc(Oc3ccccc3)cc2)CC1. The summed E-state index contributed by atoms with van der Waals surface area (Å²) in [6, 6.07) is 18.0. The van der Waals surface area contributed by atoms with E-state index in [2.05, 4.69) is 27.9 Å². The van der Waals surface area contributed by atoms with Crippen molar-refractivity contribution in [1.29, 1.82) is 0 Å². The largest absolute Gasteiger partial charge is 0.457 e. The molecule has 3 atom stereocenters. The molecule has 240 valence electrons. The minimum atomic E-state index is -0.760. The molecule has 0 spiro atoms. The second-order valence-corrected chi connectivity index (χ2v) is 12.6. The lowest BCUT2D eigenvalue weighted by atomic mass is 9.84. The molecule has 1 aliphatic heterocycles. The first-order valence-corrected chi connectivity index (χ1v) is 16.5. The molecule has 1 saturated heterocycles. The van der Waals surface area contributed by atoms with Gasteiger partial charge in [0.25, 0.3) is 5.91 Å². The van der Waals surface area contributed by atoms with Gasteiger partial charge in [-0.15, -0.1) is 0 Å². The first-order valence-electron chi connectivity index (χ1n) is 16.5. The molecule has 1 aliphatic carbocycles. The van der Waals surface area contributed by atoms with Crippen molar-refractivity contribution >= 4 is 17.7 Å². The molecule has 2 aromatic carbocycles. The summed E-state index contributed by atoms with van der Waals surface area (Å²) in [5.74, 6) is 1.45. The number of carbonyl (C=O) groups excluding carboxylic acids is 3. The molecule has 1 saturated carbocycles. The van der Waals surface area contributed by atoms with Gasteiger partial charge in [0, 0.05) is 19.2 Å². The van der Waals surface area contributed by atoms with Gasteiger partial charge in [-0.2, -0.15) is 0 Å². The number of ether oxygens (including phenoxy) is 1. The van der Waals surface area contributed by atoms with Gasteiger partial charge in [-0.05, 0) is 66.8 Å². The Labute approximate surface area is 266 Å². The van der Waals surface area contributed by atoms with Crippen LogP contribution in [0.2, 0.25) is 0 Å². The predicted molar refractivity (Wildman–Crippen MR) is 172 cm³/mol. The number of likely N-dealkylation sites (tertiary alicyclic amines) is 1. The van der Waals surface area contributed by atoms with Gasteiger partial charge in [-0.1, -0.05) is 87.9 Å². The molecule has 0 unspecified atom stereocenters. The number of hydrogen-bond donors (Lipinski definition) is 2. The molecule has 1 aromatic heterocycles. The lowest BCUT2D eigenvalue weighted by Crippen LogP contribution is -2.57. The van der Waals surface area contributed by atoms with E-state index in [1.54, 1.807) is 0 Å². The summed E-state index contributed by atoms with van der Waals surface area (Å²) in [6.07, 6.45) is 9.91. The lowest BCUT2D eigenvalue weighted by molar-refractivity contribution is -0.139. The highest BCUT2D eigenvalue weighted by Crippen LogP contribution is 2.31. The summed E-state index contributed by atoms with van der Waals surface area (Å²) in [6.45, 7) is 5.28. The number of nitrogens with one attached hydrogen (secondary N) is 2. The molecular weight excluding hydrogens is 568 g/mol. The molecule has 45 heavy (non-hydrogen) atoms. The van der Waals surface area contributed by atoms with Crippen LogP contribution < -0.4 is 15.4 Å². The molecule has 0 bridgehead atoms. The zero-order valence-electron chi connectivity index (χ0n) is 26.5. The summed E-state index contributed by atoms with van der Waals surface area (Å²) in [5, 5.41) is 9.56. The Balaban J connectivity index is 1.20. The van der Waals surface area contributed by atoms with Gasteiger partial charge in [0.2, 0.25) is 17.6 Å². The van der Waals surface area contributed by atoms with Crippen LogP contribution in [0.3, 0.4) is 0 Å². The highest BCUT2D eigenvalue weighted by atomic mass is 16.5. The zero-order valence-corrected chi connectivity index (χ0v) is 26.5. The number of amides is 3. The van der Waals surface area contributed by atoms with Crippen LogP contribution in [0.15, 0.2) is 71.4 Å². The number of piperidine rings is 1. The lowest BCUT2D eigenvalue weighted by Gasteiger charge is -2.36. The monoisotopic (exact) mass is 614 g/mol. The van der Waals surface area contributed by atoms with Gasteiger partial charge in [0.05, 0.1) is 6.20 Å². The number of carbonyl (C=O) groups is 3. The fraction of sp³-hybridized carbons (Fsp3) is 0.500. The van der Waals surface area contributed by atoms with Gasteiger partial charge >= 0.3 is 0 Å². The number of benzene rings is 2. The van der Waals surface area contributed by atoms with Gasteiger partial charge in [-0.25, -0.2) is 0 Å². The predicted octanol–water partition coefficient (Wildman–Crippen LogP) is 6.47. The minimum absolute atomic E-state index is 0.0549. The van der Waals surface area contributed by atoms with E-state index in [-0.39, 0.29) is 23.5 Å². The summed E-state index contributed by atoms with van der Waals surface area (Å²) in [4.78, 5) is 42.4. The number of rotatable bonds is 12. The molecule has 3 amide bonds. The minimum Gasteiger partial charge on any atom is -0.457 e. The summed E-state index contributed by atoms with van der Waals surface area (Å²) < 4.78 is 11.0. The molecule has 0 radical (unpaired) electrons. The number of para-hydroxylation sites is 1. The topological polar surface area (TPSA) is 114 Å². The average Bonchev–Trinajstić information content (AvgIpc) is 3.63. The molecule has 9 nitrogen and oxygen atoms in total. The number of hydrogen-bond acceptors (Lipinski definition) is 6. The molecule has 2 heterocycles. The molecule has 2 aliphatic rings. The van der Waals surface area contributed by atoms with Crippen LogP contribution in [-0.2, 0) is 9.59 Å². The first-order chi connectivity index (χ1) is 21.9. The third kappa shape index (κ3) is 8.74. The molecule has 5 rings (SSSR count). The third-order valence-corrected chi connectivity index (χ3v) is 9.49. The molecule has 2 N–H and O–H groups in total. The molecule has 2 fully saturated rings. The van der Waals surface area contributed by atoms with Crippen LogP contribution in [0.1, 0.15) is 93.7 Å². The second kappa shape index (κ2) is 15.7. The average molecular weight is 615 g/mol.